The number of alkyl halides is 3. The van der Waals surface area contributed by atoms with Crippen LogP contribution < -0.4 is 4.74 Å². The molecule has 1 aromatic rings. The van der Waals surface area contributed by atoms with E-state index in [1.165, 1.54) is 25.3 Å². The van der Waals surface area contributed by atoms with E-state index in [-0.39, 0.29) is 10.8 Å². The second-order valence-corrected chi connectivity index (χ2v) is 3.46. The van der Waals surface area contributed by atoms with Gasteiger partial charge in [0.1, 0.15) is 5.75 Å². The Balaban J connectivity index is 3.33. The van der Waals surface area contributed by atoms with Gasteiger partial charge < -0.3 is 4.74 Å². The number of hydrogen-bond acceptors (Lipinski definition) is 1. The quantitative estimate of drug-likeness (QED) is 0.760. The van der Waals surface area contributed by atoms with Crippen LogP contribution in [0.4, 0.5) is 13.2 Å². The molecule has 0 N–H and O–H groups in total. The maximum atomic E-state index is 12.6. The van der Waals surface area contributed by atoms with Crippen molar-refractivity contribution in [3.63, 3.8) is 0 Å². The molecule has 0 saturated carbocycles. The molecule has 0 heterocycles. The van der Waals surface area contributed by atoms with E-state index >= 15 is 0 Å². The maximum absolute atomic E-state index is 12.6. The van der Waals surface area contributed by atoms with Gasteiger partial charge in [0.15, 0.2) is 0 Å². The zero-order valence-electron chi connectivity index (χ0n) is 8.73. The predicted molar refractivity (Wildman–Crippen MR) is 57.5 cm³/mol. The summed E-state index contributed by atoms with van der Waals surface area (Å²) >= 11 is 5.76. The van der Waals surface area contributed by atoms with Crippen molar-refractivity contribution in [1.82, 2.24) is 0 Å². The highest BCUT2D eigenvalue weighted by atomic mass is 35.5. The van der Waals surface area contributed by atoms with E-state index in [0.717, 1.165) is 6.07 Å². The fourth-order valence-corrected chi connectivity index (χ4v) is 1.36. The lowest BCUT2D eigenvalue weighted by Gasteiger charge is -2.13. The third-order valence-electron chi connectivity index (χ3n) is 2.03. The summed E-state index contributed by atoms with van der Waals surface area (Å²) in [5.74, 6) is -0.211. The lowest BCUT2D eigenvalue weighted by molar-refractivity contribution is -0.138. The van der Waals surface area contributed by atoms with E-state index in [0.29, 0.717) is 5.56 Å². The molecule has 1 rings (SSSR count). The summed E-state index contributed by atoms with van der Waals surface area (Å²) < 4.78 is 42.6. The van der Waals surface area contributed by atoms with Gasteiger partial charge in [-0.1, -0.05) is 17.7 Å². The molecule has 0 atom stereocenters. The second kappa shape index (κ2) is 4.78. The minimum atomic E-state index is -4.45. The minimum Gasteiger partial charge on any atom is -0.496 e. The molecule has 0 bridgehead atoms. The van der Waals surface area contributed by atoms with Gasteiger partial charge in [-0.15, -0.1) is 0 Å². The van der Waals surface area contributed by atoms with Crippen LogP contribution in [0.3, 0.4) is 0 Å². The van der Waals surface area contributed by atoms with Crippen LogP contribution in [0.15, 0.2) is 24.3 Å². The van der Waals surface area contributed by atoms with Crippen LogP contribution in [0.5, 0.6) is 5.75 Å². The Kier molecular flexibility index (Phi) is 3.86. The van der Waals surface area contributed by atoms with Gasteiger partial charge in [-0.05, 0) is 30.7 Å². The van der Waals surface area contributed by atoms with E-state index in [2.05, 4.69) is 4.74 Å². The molecule has 0 unspecified atom stereocenters. The van der Waals surface area contributed by atoms with Crippen LogP contribution in [0.2, 0.25) is 0 Å². The molecule has 0 radical (unpaired) electrons. The number of halogens is 4. The fourth-order valence-electron chi connectivity index (χ4n) is 1.24. The number of allylic oxidation sites excluding steroid dienone is 1. The molecule has 1 aromatic carbocycles. The Morgan fingerprint density at radius 2 is 2.00 bits per heavy atom. The first kappa shape index (κ1) is 12.9. The molecule has 0 aliphatic rings. The van der Waals surface area contributed by atoms with E-state index in [9.17, 15) is 13.2 Å². The maximum Gasteiger partial charge on any atom is 0.419 e. The number of ether oxygens (including phenoxy) is 1. The highest BCUT2D eigenvalue weighted by Gasteiger charge is 2.34. The van der Waals surface area contributed by atoms with Crippen LogP contribution in [-0.2, 0) is 6.18 Å². The number of benzene rings is 1. The normalized spacial score (nSPS) is 12.8. The van der Waals surface area contributed by atoms with Gasteiger partial charge in [-0.25, -0.2) is 0 Å². The summed E-state index contributed by atoms with van der Waals surface area (Å²) in [6.45, 7) is 1.65. The summed E-state index contributed by atoms with van der Waals surface area (Å²) in [6, 6.07) is 3.71. The Labute approximate surface area is 96.5 Å². The molecule has 0 spiro atoms. The van der Waals surface area contributed by atoms with E-state index < -0.39 is 11.7 Å². The van der Waals surface area contributed by atoms with Gasteiger partial charge in [0.2, 0.25) is 0 Å². The number of methoxy groups -OCH3 is 1. The summed E-state index contributed by atoms with van der Waals surface area (Å²) in [6.07, 6.45) is -2.92. The molecule has 16 heavy (non-hydrogen) atoms. The Bertz CT molecular complexity index is 410. The SMILES string of the molecule is CC=C(Cl)c1ccc(OC)c(C(F)(F)F)c1. The summed E-state index contributed by atoms with van der Waals surface area (Å²) in [7, 11) is 1.20. The third kappa shape index (κ3) is 2.70. The first-order valence-corrected chi connectivity index (χ1v) is 4.85. The largest absolute Gasteiger partial charge is 0.496 e. The van der Waals surface area contributed by atoms with Crippen molar-refractivity contribution < 1.29 is 17.9 Å². The average Bonchev–Trinajstić information content (AvgIpc) is 2.26. The summed E-state index contributed by atoms with van der Waals surface area (Å²) in [5, 5.41) is 0.271. The van der Waals surface area contributed by atoms with Crippen LogP contribution in [0.1, 0.15) is 18.1 Å². The highest BCUT2D eigenvalue weighted by Crippen LogP contribution is 2.38. The molecule has 0 aliphatic heterocycles. The van der Waals surface area contributed by atoms with Gasteiger partial charge in [-0.3, -0.25) is 0 Å². The van der Waals surface area contributed by atoms with E-state index in [1.807, 2.05) is 0 Å². The molecule has 0 aliphatic carbocycles. The molecule has 0 fully saturated rings. The highest BCUT2D eigenvalue weighted by molar-refractivity contribution is 6.48. The van der Waals surface area contributed by atoms with E-state index in [1.54, 1.807) is 6.92 Å². The lowest BCUT2D eigenvalue weighted by Crippen LogP contribution is -2.07. The van der Waals surface area contributed by atoms with Crippen LogP contribution >= 0.6 is 11.6 Å². The molecular formula is C11H10ClF3O. The van der Waals surface area contributed by atoms with Crippen LogP contribution in [0.25, 0.3) is 5.03 Å². The molecular weight excluding hydrogens is 241 g/mol. The Morgan fingerprint density at radius 1 is 1.38 bits per heavy atom. The van der Waals surface area contributed by atoms with Crippen LogP contribution in [0, 0.1) is 0 Å². The van der Waals surface area contributed by atoms with Crippen molar-refractivity contribution >= 4 is 16.6 Å². The second-order valence-electron chi connectivity index (χ2n) is 3.05. The van der Waals surface area contributed by atoms with Crippen molar-refractivity contribution in [1.29, 1.82) is 0 Å². The van der Waals surface area contributed by atoms with Crippen molar-refractivity contribution in [3.05, 3.63) is 35.4 Å². The van der Waals surface area contributed by atoms with Crippen LogP contribution in [-0.4, -0.2) is 7.11 Å². The van der Waals surface area contributed by atoms with Gasteiger partial charge in [0.25, 0.3) is 0 Å². The Morgan fingerprint density at radius 3 is 2.44 bits per heavy atom. The zero-order chi connectivity index (χ0) is 12.3. The average molecular weight is 251 g/mol. The first-order valence-electron chi connectivity index (χ1n) is 4.47. The van der Waals surface area contributed by atoms with Crippen molar-refractivity contribution in [2.75, 3.05) is 7.11 Å². The van der Waals surface area contributed by atoms with Crippen molar-refractivity contribution in [3.8, 4) is 5.75 Å². The van der Waals surface area contributed by atoms with Crippen molar-refractivity contribution in [2.24, 2.45) is 0 Å². The zero-order valence-corrected chi connectivity index (χ0v) is 9.49. The van der Waals surface area contributed by atoms with Gasteiger partial charge in [0.05, 0.1) is 12.7 Å². The van der Waals surface area contributed by atoms with E-state index in [4.69, 9.17) is 11.6 Å². The first-order chi connectivity index (χ1) is 7.40. The Hall–Kier alpha value is -1.16. The van der Waals surface area contributed by atoms with Gasteiger partial charge in [-0.2, -0.15) is 13.2 Å². The smallest absolute Gasteiger partial charge is 0.419 e. The monoisotopic (exact) mass is 250 g/mol. The molecule has 88 valence electrons. The summed E-state index contributed by atoms with van der Waals surface area (Å²) in [4.78, 5) is 0. The molecule has 0 amide bonds. The fraction of sp³-hybridized carbons (Fsp3) is 0.273. The van der Waals surface area contributed by atoms with Gasteiger partial charge in [0, 0.05) is 5.03 Å². The number of hydrogen-bond donors (Lipinski definition) is 0. The van der Waals surface area contributed by atoms with Crippen molar-refractivity contribution in [2.45, 2.75) is 13.1 Å². The lowest BCUT2D eigenvalue weighted by atomic mass is 10.1. The standard InChI is InChI=1S/C11H10ClF3O/c1-3-9(12)7-4-5-10(16-2)8(6-7)11(13,14)15/h3-6H,1-2H3. The third-order valence-corrected chi connectivity index (χ3v) is 2.47. The molecule has 1 nitrogen and oxygen atoms in total. The predicted octanol–water partition coefficient (Wildman–Crippen LogP) is 4.31. The molecule has 5 heteroatoms. The number of rotatable bonds is 2. The topological polar surface area (TPSA) is 9.23 Å². The molecule has 0 saturated heterocycles. The molecule has 0 aromatic heterocycles. The van der Waals surface area contributed by atoms with Gasteiger partial charge >= 0.3 is 6.18 Å². The summed E-state index contributed by atoms with van der Waals surface area (Å²) in [5.41, 5.74) is -0.509. The minimum absolute atomic E-state index is 0.211.